The van der Waals surface area contributed by atoms with Gasteiger partial charge in [-0.1, -0.05) is 23.5 Å². The Morgan fingerprint density at radius 3 is 2.72 bits per heavy atom. The molecule has 0 aliphatic carbocycles. The first-order valence-corrected chi connectivity index (χ1v) is 6.34. The summed E-state index contributed by atoms with van der Waals surface area (Å²) >= 11 is 1.58. The zero-order valence-corrected chi connectivity index (χ0v) is 10.8. The zero-order valence-electron chi connectivity index (χ0n) is 10.0. The molecule has 0 radical (unpaired) electrons. The van der Waals surface area contributed by atoms with Crippen molar-refractivity contribution >= 4 is 21.6 Å². The third kappa shape index (κ3) is 1.50. The van der Waals surface area contributed by atoms with Gasteiger partial charge in [0.1, 0.15) is 6.07 Å². The molecule has 2 aromatic heterocycles. The summed E-state index contributed by atoms with van der Waals surface area (Å²) in [6, 6.07) is 10.1. The maximum Gasteiger partial charge on any atom is 0.211 e. The third-order valence-corrected chi connectivity index (χ3v) is 4.00. The monoisotopic (exact) mass is 254 g/mol. The summed E-state index contributed by atoms with van der Waals surface area (Å²) in [7, 11) is 0. The third-order valence-electron chi connectivity index (χ3n) is 2.99. The smallest absolute Gasteiger partial charge is 0.211 e. The van der Waals surface area contributed by atoms with Crippen molar-refractivity contribution in [2.45, 2.75) is 13.8 Å². The molecule has 0 aliphatic heterocycles. The molecule has 0 atom stereocenters. The minimum atomic E-state index is 0.465. The van der Waals surface area contributed by atoms with Gasteiger partial charge in [0, 0.05) is 11.3 Å². The van der Waals surface area contributed by atoms with Gasteiger partial charge in [-0.3, -0.25) is 0 Å². The average molecular weight is 254 g/mol. The number of nitriles is 1. The van der Waals surface area contributed by atoms with Gasteiger partial charge in [0.15, 0.2) is 5.69 Å². The Balaban J connectivity index is 2.23. The van der Waals surface area contributed by atoms with Crippen molar-refractivity contribution < 1.29 is 0 Å². The highest BCUT2D eigenvalue weighted by atomic mass is 32.1. The van der Waals surface area contributed by atoms with Gasteiger partial charge in [0.25, 0.3) is 0 Å². The SMILES string of the molecule is Cc1c(C#N)nn(-c2nc3ccccc3s2)c1C. The maximum atomic E-state index is 9.00. The quantitative estimate of drug-likeness (QED) is 0.670. The van der Waals surface area contributed by atoms with Gasteiger partial charge in [-0.2, -0.15) is 10.4 Å². The lowest BCUT2D eigenvalue weighted by molar-refractivity contribution is 0.834. The summed E-state index contributed by atoms with van der Waals surface area (Å²) in [5, 5.41) is 14.1. The minimum absolute atomic E-state index is 0.465. The predicted molar refractivity (Wildman–Crippen MR) is 70.9 cm³/mol. The molecule has 0 fully saturated rings. The number of hydrogen-bond acceptors (Lipinski definition) is 4. The molecule has 1 aromatic carbocycles. The van der Waals surface area contributed by atoms with Crippen LogP contribution >= 0.6 is 11.3 Å². The fraction of sp³-hybridized carbons (Fsp3) is 0.154. The second-order valence-electron chi connectivity index (χ2n) is 4.05. The molecule has 88 valence electrons. The zero-order chi connectivity index (χ0) is 12.7. The molecule has 0 N–H and O–H groups in total. The summed E-state index contributed by atoms with van der Waals surface area (Å²) in [6.45, 7) is 3.86. The van der Waals surface area contributed by atoms with E-state index in [-0.39, 0.29) is 0 Å². The fourth-order valence-corrected chi connectivity index (χ4v) is 2.79. The number of nitrogens with zero attached hydrogens (tertiary/aromatic N) is 4. The number of fused-ring (bicyclic) bond motifs is 1. The van der Waals surface area contributed by atoms with Crippen LogP contribution in [0.1, 0.15) is 17.0 Å². The van der Waals surface area contributed by atoms with Gasteiger partial charge < -0.3 is 0 Å². The van der Waals surface area contributed by atoms with E-state index in [9.17, 15) is 0 Å². The average Bonchev–Trinajstić information content (AvgIpc) is 2.92. The van der Waals surface area contributed by atoms with E-state index in [0.29, 0.717) is 5.69 Å². The predicted octanol–water partition coefficient (Wildman–Crippen LogP) is 2.97. The number of aromatic nitrogens is 3. The van der Waals surface area contributed by atoms with Crippen molar-refractivity contribution in [3.63, 3.8) is 0 Å². The van der Waals surface area contributed by atoms with Crippen molar-refractivity contribution in [3.8, 4) is 11.2 Å². The molecular formula is C13H10N4S. The first kappa shape index (κ1) is 10.9. The Morgan fingerprint density at radius 2 is 2.06 bits per heavy atom. The summed E-state index contributed by atoms with van der Waals surface area (Å²) in [5.74, 6) is 0. The van der Waals surface area contributed by atoms with E-state index in [1.54, 1.807) is 16.0 Å². The molecule has 3 rings (SSSR count). The number of para-hydroxylation sites is 1. The molecule has 5 heteroatoms. The molecule has 0 unspecified atom stereocenters. The highest BCUT2D eigenvalue weighted by Crippen LogP contribution is 2.26. The number of hydrogen-bond donors (Lipinski definition) is 0. The minimum Gasteiger partial charge on any atom is -0.218 e. The van der Waals surface area contributed by atoms with Gasteiger partial charge in [-0.15, -0.1) is 0 Å². The van der Waals surface area contributed by atoms with Gasteiger partial charge in [0.2, 0.25) is 5.13 Å². The van der Waals surface area contributed by atoms with E-state index in [1.165, 1.54) is 0 Å². The van der Waals surface area contributed by atoms with Crippen LogP contribution in [0.3, 0.4) is 0 Å². The Hall–Kier alpha value is -2.19. The van der Waals surface area contributed by atoms with E-state index in [1.807, 2.05) is 38.1 Å². The second-order valence-corrected chi connectivity index (χ2v) is 5.06. The van der Waals surface area contributed by atoms with Crippen LogP contribution in [0, 0.1) is 25.2 Å². The van der Waals surface area contributed by atoms with Crippen molar-refractivity contribution in [3.05, 3.63) is 41.2 Å². The molecule has 0 saturated carbocycles. The summed E-state index contributed by atoms with van der Waals surface area (Å²) in [4.78, 5) is 4.54. The van der Waals surface area contributed by atoms with Crippen LogP contribution in [0.15, 0.2) is 24.3 Å². The van der Waals surface area contributed by atoms with Crippen LogP contribution < -0.4 is 0 Å². The summed E-state index contributed by atoms with van der Waals surface area (Å²) in [6.07, 6.45) is 0. The molecule has 0 saturated heterocycles. The van der Waals surface area contributed by atoms with E-state index in [4.69, 9.17) is 5.26 Å². The van der Waals surface area contributed by atoms with Crippen molar-refractivity contribution in [2.75, 3.05) is 0 Å². The fourth-order valence-electron chi connectivity index (χ4n) is 1.82. The van der Waals surface area contributed by atoms with Crippen molar-refractivity contribution in [1.82, 2.24) is 14.8 Å². The van der Waals surface area contributed by atoms with Crippen LogP contribution in [-0.2, 0) is 0 Å². The van der Waals surface area contributed by atoms with Crippen LogP contribution in [0.25, 0.3) is 15.3 Å². The van der Waals surface area contributed by atoms with Crippen LogP contribution in [0.4, 0.5) is 0 Å². The van der Waals surface area contributed by atoms with Gasteiger partial charge in [-0.05, 0) is 26.0 Å². The molecule has 0 spiro atoms. The lowest BCUT2D eigenvalue weighted by Gasteiger charge is -1.97. The second kappa shape index (κ2) is 3.93. The van der Waals surface area contributed by atoms with Crippen LogP contribution in [-0.4, -0.2) is 14.8 Å². The van der Waals surface area contributed by atoms with E-state index >= 15 is 0 Å². The Kier molecular flexibility index (Phi) is 2.39. The Morgan fingerprint density at radius 1 is 1.28 bits per heavy atom. The topological polar surface area (TPSA) is 54.5 Å². The lowest BCUT2D eigenvalue weighted by atomic mass is 10.2. The first-order chi connectivity index (χ1) is 8.70. The molecule has 18 heavy (non-hydrogen) atoms. The van der Waals surface area contributed by atoms with E-state index < -0.39 is 0 Å². The summed E-state index contributed by atoms with van der Waals surface area (Å²) < 4.78 is 2.87. The van der Waals surface area contributed by atoms with Gasteiger partial charge in [0.05, 0.1) is 10.2 Å². The van der Waals surface area contributed by atoms with Crippen molar-refractivity contribution in [2.24, 2.45) is 0 Å². The van der Waals surface area contributed by atoms with Crippen LogP contribution in [0.5, 0.6) is 0 Å². The van der Waals surface area contributed by atoms with E-state index in [0.717, 1.165) is 26.6 Å². The summed E-state index contributed by atoms with van der Waals surface area (Å²) in [5.41, 5.74) is 3.30. The van der Waals surface area contributed by atoms with Gasteiger partial charge in [-0.25, -0.2) is 9.67 Å². The van der Waals surface area contributed by atoms with E-state index in [2.05, 4.69) is 16.2 Å². The Bertz CT molecular complexity index is 743. The molecule has 4 nitrogen and oxygen atoms in total. The van der Waals surface area contributed by atoms with Gasteiger partial charge >= 0.3 is 0 Å². The molecule has 2 heterocycles. The standard InChI is InChI=1S/C13H10N4S/c1-8-9(2)17(16-11(8)7-14)13-15-10-5-3-4-6-12(10)18-13/h3-6H,1-2H3. The normalized spacial score (nSPS) is 10.7. The van der Waals surface area contributed by atoms with Crippen LogP contribution in [0.2, 0.25) is 0 Å². The highest BCUT2D eigenvalue weighted by Gasteiger charge is 2.14. The molecule has 0 amide bonds. The number of rotatable bonds is 1. The molecule has 0 aliphatic rings. The highest BCUT2D eigenvalue weighted by molar-refractivity contribution is 7.20. The maximum absolute atomic E-state index is 9.00. The molecule has 0 bridgehead atoms. The largest absolute Gasteiger partial charge is 0.218 e. The molecular weight excluding hydrogens is 244 g/mol. The first-order valence-electron chi connectivity index (χ1n) is 5.53. The number of benzene rings is 1. The van der Waals surface area contributed by atoms with Crippen molar-refractivity contribution in [1.29, 1.82) is 5.26 Å². The lowest BCUT2D eigenvalue weighted by Crippen LogP contribution is -1.98. The number of thiazole rings is 1. The Labute approximate surface area is 108 Å². The molecule has 3 aromatic rings.